The quantitative estimate of drug-likeness (QED) is 0.217. The number of ether oxygens (including phenoxy) is 2. The van der Waals surface area contributed by atoms with Gasteiger partial charge in [0.15, 0.2) is 5.78 Å². The monoisotopic (exact) mass is 421 g/mol. The molecule has 0 aliphatic carbocycles. The van der Waals surface area contributed by atoms with E-state index in [2.05, 4.69) is 5.10 Å². The molecule has 0 saturated carbocycles. The summed E-state index contributed by atoms with van der Waals surface area (Å²) in [5.74, 6) is 1.04. The van der Waals surface area contributed by atoms with E-state index in [4.69, 9.17) is 9.47 Å². The van der Waals surface area contributed by atoms with Gasteiger partial charge in [-0.15, -0.1) is 0 Å². The first-order chi connectivity index (χ1) is 14.9. The number of nitro benzene ring substituents is 1. The van der Waals surface area contributed by atoms with Gasteiger partial charge in [-0.2, -0.15) is 5.10 Å². The number of rotatable bonds is 9. The number of hydrogen-bond acceptors (Lipinski definition) is 6. The maximum Gasteiger partial charge on any atom is 0.269 e. The highest BCUT2D eigenvalue weighted by Crippen LogP contribution is 2.24. The van der Waals surface area contributed by atoms with Crippen molar-refractivity contribution in [1.29, 1.82) is 0 Å². The number of nitro groups is 1. The molecular formula is C23H23N3O5. The molecule has 0 spiro atoms. The number of nitrogens with zero attached hydrogens (tertiary/aromatic N) is 3. The second kappa shape index (κ2) is 9.71. The van der Waals surface area contributed by atoms with Gasteiger partial charge in [0.05, 0.1) is 23.3 Å². The Kier molecular flexibility index (Phi) is 6.81. The van der Waals surface area contributed by atoms with Crippen molar-refractivity contribution in [2.75, 3.05) is 7.11 Å². The van der Waals surface area contributed by atoms with E-state index in [1.807, 2.05) is 26.0 Å². The molecule has 3 rings (SSSR count). The van der Waals surface area contributed by atoms with Crippen LogP contribution in [0.2, 0.25) is 0 Å². The highest BCUT2D eigenvalue weighted by Gasteiger charge is 2.11. The van der Waals surface area contributed by atoms with Crippen molar-refractivity contribution in [3.8, 4) is 11.5 Å². The predicted molar refractivity (Wildman–Crippen MR) is 116 cm³/mol. The van der Waals surface area contributed by atoms with Crippen LogP contribution in [0.3, 0.4) is 0 Å². The van der Waals surface area contributed by atoms with Crippen molar-refractivity contribution < 1.29 is 19.2 Å². The fraction of sp³-hybridized carbons (Fsp3) is 0.217. The Labute approximate surface area is 179 Å². The Balaban J connectivity index is 1.73. The van der Waals surface area contributed by atoms with Gasteiger partial charge < -0.3 is 9.47 Å². The van der Waals surface area contributed by atoms with Crippen molar-refractivity contribution in [2.24, 2.45) is 0 Å². The second-order valence-electron chi connectivity index (χ2n) is 6.79. The van der Waals surface area contributed by atoms with E-state index < -0.39 is 4.92 Å². The van der Waals surface area contributed by atoms with E-state index >= 15 is 0 Å². The van der Waals surface area contributed by atoms with Gasteiger partial charge in [-0.3, -0.25) is 19.6 Å². The van der Waals surface area contributed by atoms with Gasteiger partial charge in [0, 0.05) is 30.4 Å². The van der Waals surface area contributed by atoms with Crippen LogP contribution in [0, 0.1) is 17.0 Å². The van der Waals surface area contributed by atoms with E-state index in [9.17, 15) is 14.9 Å². The van der Waals surface area contributed by atoms with Crippen molar-refractivity contribution in [2.45, 2.75) is 27.0 Å². The summed E-state index contributed by atoms with van der Waals surface area (Å²) in [5.41, 5.74) is 2.88. The molecule has 0 radical (unpaired) electrons. The molecule has 1 aromatic heterocycles. The van der Waals surface area contributed by atoms with E-state index in [0.717, 1.165) is 11.1 Å². The van der Waals surface area contributed by atoms with Crippen molar-refractivity contribution in [3.63, 3.8) is 0 Å². The number of allylic oxidation sites excluding steroid dienone is 1. The van der Waals surface area contributed by atoms with Crippen molar-refractivity contribution in [3.05, 3.63) is 87.2 Å². The molecule has 0 bridgehead atoms. The highest BCUT2D eigenvalue weighted by atomic mass is 16.6. The first-order valence-electron chi connectivity index (χ1n) is 9.72. The van der Waals surface area contributed by atoms with E-state index in [1.165, 1.54) is 18.2 Å². The van der Waals surface area contributed by atoms with Gasteiger partial charge in [0.2, 0.25) is 0 Å². The lowest BCUT2D eigenvalue weighted by atomic mass is 10.1. The third-order valence-corrected chi connectivity index (χ3v) is 4.71. The molecule has 0 amide bonds. The van der Waals surface area contributed by atoms with E-state index in [1.54, 1.807) is 42.3 Å². The summed E-state index contributed by atoms with van der Waals surface area (Å²) in [5, 5.41) is 15.1. The van der Waals surface area contributed by atoms with Crippen molar-refractivity contribution in [1.82, 2.24) is 9.78 Å². The predicted octanol–water partition coefficient (Wildman–Crippen LogP) is 4.60. The molecule has 0 saturated heterocycles. The minimum Gasteiger partial charge on any atom is -0.496 e. The zero-order chi connectivity index (χ0) is 22.4. The first-order valence-corrected chi connectivity index (χ1v) is 9.72. The van der Waals surface area contributed by atoms with Crippen LogP contribution in [0.1, 0.15) is 34.1 Å². The lowest BCUT2D eigenvalue weighted by Crippen LogP contribution is -2.00. The summed E-state index contributed by atoms with van der Waals surface area (Å²) in [6.45, 7) is 4.69. The van der Waals surface area contributed by atoms with Gasteiger partial charge in [0.25, 0.3) is 5.69 Å². The molecular weight excluding hydrogens is 398 g/mol. The summed E-state index contributed by atoms with van der Waals surface area (Å²) in [6.07, 6.45) is 5.01. The van der Waals surface area contributed by atoms with Crippen LogP contribution >= 0.6 is 0 Å². The minimum absolute atomic E-state index is 0.00134. The Morgan fingerprint density at radius 1 is 1.23 bits per heavy atom. The fourth-order valence-electron chi connectivity index (χ4n) is 3.02. The Morgan fingerprint density at radius 2 is 1.97 bits per heavy atom. The minimum atomic E-state index is -0.460. The van der Waals surface area contributed by atoms with Gasteiger partial charge in [-0.1, -0.05) is 12.1 Å². The lowest BCUT2D eigenvalue weighted by molar-refractivity contribution is -0.384. The molecule has 0 aliphatic heterocycles. The van der Waals surface area contributed by atoms with Crippen LogP contribution in [-0.4, -0.2) is 27.6 Å². The van der Waals surface area contributed by atoms with Crippen LogP contribution in [0.5, 0.6) is 11.5 Å². The number of aryl methyl sites for hydroxylation is 2. The second-order valence-corrected chi connectivity index (χ2v) is 6.79. The van der Waals surface area contributed by atoms with E-state index in [0.29, 0.717) is 29.3 Å². The average Bonchev–Trinajstić information content (AvgIpc) is 3.17. The van der Waals surface area contributed by atoms with Crippen molar-refractivity contribution >= 4 is 17.5 Å². The summed E-state index contributed by atoms with van der Waals surface area (Å²) in [6, 6.07) is 11.4. The molecule has 2 aromatic carbocycles. The molecule has 0 fully saturated rings. The number of benzene rings is 2. The average molecular weight is 421 g/mol. The standard InChI is InChI=1S/C23H23N3O5/c1-4-25-14-21(16(2)24-25)22(27)11-5-17-6-12-23(30-3)18(13-17)15-31-20-9-7-19(8-10-20)26(28)29/h5-14H,4,15H2,1-3H3/b11-5+. The largest absolute Gasteiger partial charge is 0.496 e. The van der Waals surface area contributed by atoms with Gasteiger partial charge in [0.1, 0.15) is 18.1 Å². The number of carbonyl (C=O) groups excluding carboxylic acids is 1. The van der Waals surface area contributed by atoms with Crippen LogP contribution in [-0.2, 0) is 13.2 Å². The molecule has 0 unspecified atom stereocenters. The van der Waals surface area contributed by atoms with E-state index in [-0.39, 0.29) is 18.1 Å². The SMILES string of the molecule is CCn1cc(C(=O)/C=C/c2ccc(OC)c(COc3ccc([N+](=O)[O-])cc3)c2)c(C)n1. The molecule has 31 heavy (non-hydrogen) atoms. The van der Waals surface area contributed by atoms with Crippen LogP contribution in [0.4, 0.5) is 5.69 Å². The number of ketones is 1. The summed E-state index contributed by atoms with van der Waals surface area (Å²) >= 11 is 0. The molecule has 0 aliphatic rings. The smallest absolute Gasteiger partial charge is 0.269 e. The Hall–Kier alpha value is -3.94. The number of aromatic nitrogens is 2. The zero-order valence-electron chi connectivity index (χ0n) is 17.6. The number of carbonyl (C=O) groups is 1. The summed E-state index contributed by atoms with van der Waals surface area (Å²) in [7, 11) is 1.57. The normalized spacial score (nSPS) is 10.9. The molecule has 1 heterocycles. The van der Waals surface area contributed by atoms with Crippen LogP contribution in [0.15, 0.2) is 54.7 Å². The molecule has 0 atom stereocenters. The maximum absolute atomic E-state index is 12.5. The fourth-order valence-corrected chi connectivity index (χ4v) is 3.02. The Morgan fingerprint density at radius 3 is 2.58 bits per heavy atom. The zero-order valence-corrected chi connectivity index (χ0v) is 17.6. The number of methoxy groups -OCH3 is 1. The third-order valence-electron chi connectivity index (χ3n) is 4.71. The third kappa shape index (κ3) is 5.36. The molecule has 3 aromatic rings. The highest BCUT2D eigenvalue weighted by molar-refractivity contribution is 6.07. The van der Waals surface area contributed by atoms with Gasteiger partial charge >= 0.3 is 0 Å². The lowest BCUT2D eigenvalue weighted by Gasteiger charge is -2.11. The molecule has 160 valence electrons. The van der Waals surface area contributed by atoms with Crippen LogP contribution < -0.4 is 9.47 Å². The summed E-state index contributed by atoms with van der Waals surface area (Å²) in [4.78, 5) is 22.8. The number of hydrogen-bond donors (Lipinski definition) is 0. The number of non-ortho nitro benzene ring substituents is 1. The Bertz CT molecular complexity index is 1120. The topological polar surface area (TPSA) is 96.5 Å². The molecule has 8 heteroatoms. The van der Waals surface area contributed by atoms with Gasteiger partial charge in [-0.05, 0) is 49.8 Å². The van der Waals surface area contributed by atoms with Crippen LogP contribution in [0.25, 0.3) is 6.08 Å². The maximum atomic E-state index is 12.5. The molecule has 0 N–H and O–H groups in total. The first kappa shape index (κ1) is 21.8. The molecule has 8 nitrogen and oxygen atoms in total. The summed E-state index contributed by atoms with van der Waals surface area (Å²) < 4.78 is 12.9. The van der Waals surface area contributed by atoms with Gasteiger partial charge in [-0.25, -0.2) is 0 Å².